The summed E-state index contributed by atoms with van der Waals surface area (Å²) >= 11 is 1.29. The molecule has 0 unspecified atom stereocenters. The largest absolute Gasteiger partial charge is 0.322 e. The van der Waals surface area contributed by atoms with Gasteiger partial charge in [0.1, 0.15) is 0 Å². The van der Waals surface area contributed by atoms with E-state index in [0.717, 1.165) is 4.90 Å². The number of hydrogen-bond acceptors (Lipinski definition) is 4. The van der Waals surface area contributed by atoms with Gasteiger partial charge in [-0.05, 0) is 36.4 Å². The van der Waals surface area contributed by atoms with Crippen LogP contribution in [-0.2, 0) is 0 Å². The van der Waals surface area contributed by atoms with Gasteiger partial charge in [-0.1, -0.05) is 48.2 Å². The number of para-hydroxylation sites is 1. The highest BCUT2D eigenvalue weighted by Crippen LogP contribution is 2.35. The highest BCUT2D eigenvalue weighted by atomic mass is 32.2. The smallest absolute Gasteiger partial charge is 0.284 e. The van der Waals surface area contributed by atoms with Crippen LogP contribution in [0.3, 0.4) is 0 Å². The molecule has 25 heavy (non-hydrogen) atoms. The first-order valence-corrected chi connectivity index (χ1v) is 8.33. The normalized spacial score (nSPS) is 10.2. The Labute approximate surface area is 148 Å². The molecule has 0 heterocycles. The molecular weight excluding hydrogens is 336 g/mol. The number of rotatable bonds is 5. The lowest BCUT2D eigenvalue weighted by atomic mass is 10.2. The molecule has 1 amide bonds. The fourth-order valence-corrected chi connectivity index (χ4v) is 3.15. The highest BCUT2D eigenvalue weighted by Gasteiger charge is 2.18. The van der Waals surface area contributed by atoms with Crippen molar-refractivity contribution in [2.24, 2.45) is 0 Å². The van der Waals surface area contributed by atoms with Crippen LogP contribution < -0.4 is 5.32 Å². The second kappa shape index (κ2) is 7.63. The van der Waals surface area contributed by atoms with Crippen molar-refractivity contribution >= 4 is 29.0 Å². The molecule has 0 saturated carbocycles. The first kappa shape index (κ1) is 16.7. The Morgan fingerprint density at radius 2 is 1.56 bits per heavy atom. The van der Waals surface area contributed by atoms with Crippen molar-refractivity contribution in [1.29, 1.82) is 0 Å². The van der Waals surface area contributed by atoms with E-state index in [1.807, 2.05) is 36.4 Å². The number of nitro benzene ring substituents is 1. The van der Waals surface area contributed by atoms with E-state index in [1.165, 1.54) is 17.8 Å². The molecular formula is C19H14N2O3S. The molecule has 124 valence electrons. The lowest BCUT2D eigenvalue weighted by Crippen LogP contribution is -2.12. The molecule has 0 bridgehead atoms. The maximum atomic E-state index is 12.3. The van der Waals surface area contributed by atoms with Gasteiger partial charge in [0.2, 0.25) is 0 Å². The molecule has 0 aromatic heterocycles. The van der Waals surface area contributed by atoms with Crippen LogP contribution in [0.15, 0.2) is 88.7 Å². The van der Waals surface area contributed by atoms with Crippen LogP contribution in [-0.4, -0.2) is 10.8 Å². The van der Waals surface area contributed by atoms with Crippen molar-refractivity contribution in [2.75, 3.05) is 5.32 Å². The van der Waals surface area contributed by atoms with Gasteiger partial charge in [-0.25, -0.2) is 0 Å². The van der Waals surface area contributed by atoms with Gasteiger partial charge in [0.05, 0.1) is 9.82 Å². The van der Waals surface area contributed by atoms with Gasteiger partial charge in [0.25, 0.3) is 11.6 Å². The van der Waals surface area contributed by atoms with Crippen molar-refractivity contribution in [3.05, 3.63) is 94.5 Å². The molecule has 6 heteroatoms. The number of anilines is 1. The van der Waals surface area contributed by atoms with Crippen molar-refractivity contribution in [2.45, 2.75) is 9.79 Å². The number of amides is 1. The summed E-state index contributed by atoms with van der Waals surface area (Å²) in [7, 11) is 0. The molecule has 0 aliphatic rings. The first-order valence-electron chi connectivity index (χ1n) is 7.51. The molecule has 0 atom stereocenters. The highest BCUT2D eigenvalue weighted by molar-refractivity contribution is 7.99. The van der Waals surface area contributed by atoms with Gasteiger partial charge in [-0.3, -0.25) is 14.9 Å². The zero-order valence-electron chi connectivity index (χ0n) is 13.1. The predicted molar refractivity (Wildman–Crippen MR) is 98.1 cm³/mol. The van der Waals surface area contributed by atoms with Crippen molar-refractivity contribution < 1.29 is 9.72 Å². The third kappa shape index (κ3) is 4.24. The Hall–Kier alpha value is -3.12. The van der Waals surface area contributed by atoms with E-state index in [1.54, 1.807) is 36.4 Å². The average Bonchev–Trinajstić information content (AvgIpc) is 2.63. The zero-order valence-corrected chi connectivity index (χ0v) is 13.9. The minimum Gasteiger partial charge on any atom is -0.322 e. The van der Waals surface area contributed by atoms with Crippen LogP contribution in [0, 0.1) is 10.1 Å². The first-order chi connectivity index (χ1) is 12.1. The molecule has 5 nitrogen and oxygen atoms in total. The van der Waals surface area contributed by atoms with Crippen molar-refractivity contribution in [3.63, 3.8) is 0 Å². The van der Waals surface area contributed by atoms with Gasteiger partial charge < -0.3 is 5.32 Å². The van der Waals surface area contributed by atoms with Gasteiger partial charge in [0.15, 0.2) is 0 Å². The van der Waals surface area contributed by atoms with Crippen LogP contribution in [0.2, 0.25) is 0 Å². The predicted octanol–water partition coefficient (Wildman–Crippen LogP) is 5.00. The van der Waals surface area contributed by atoms with Gasteiger partial charge in [0, 0.05) is 22.2 Å². The molecule has 0 fully saturated rings. The van der Waals surface area contributed by atoms with E-state index in [4.69, 9.17) is 0 Å². The van der Waals surface area contributed by atoms with E-state index < -0.39 is 4.92 Å². The summed E-state index contributed by atoms with van der Waals surface area (Å²) in [5.41, 5.74) is 0.792. The quantitative estimate of drug-likeness (QED) is 0.519. The summed E-state index contributed by atoms with van der Waals surface area (Å²) in [4.78, 5) is 24.6. The lowest BCUT2D eigenvalue weighted by molar-refractivity contribution is -0.387. The van der Waals surface area contributed by atoms with Crippen LogP contribution in [0.4, 0.5) is 11.4 Å². The minimum absolute atomic E-state index is 0.0884. The number of carbonyl (C=O) groups is 1. The minimum atomic E-state index is -0.468. The van der Waals surface area contributed by atoms with Crippen molar-refractivity contribution in [3.8, 4) is 0 Å². The summed E-state index contributed by atoms with van der Waals surface area (Å²) < 4.78 is 0. The number of hydrogen-bond donors (Lipinski definition) is 1. The monoisotopic (exact) mass is 350 g/mol. The number of benzene rings is 3. The second-order valence-electron chi connectivity index (χ2n) is 5.17. The Balaban J connectivity index is 1.86. The van der Waals surface area contributed by atoms with E-state index in [-0.39, 0.29) is 17.2 Å². The van der Waals surface area contributed by atoms with E-state index >= 15 is 0 Å². The summed E-state index contributed by atoms with van der Waals surface area (Å²) in [6, 6.07) is 22.9. The standard InChI is InChI=1S/C19H14N2O3S/c22-19(20-15-7-3-1-4-8-15)14-11-12-18(17(13-14)21(23)24)25-16-9-5-2-6-10-16/h1-13H,(H,20,22). The summed E-state index contributed by atoms with van der Waals surface area (Å²) in [6.45, 7) is 0. The molecule has 3 aromatic rings. The number of nitrogens with zero attached hydrogens (tertiary/aromatic N) is 1. The van der Waals surface area contributed by atoms with Crippen LogP contribution in [0.5, 0.6) is 0 Å². The zero-order chi connectivity index (χ0) is 17.6. The molecule has 0 aliphatic heterocycles. The molecule has 0 spiro atoms. The molecule has 3 aromatic carbocycles. The molecule has 0 saturated heterocycles. The van der Waals surface area contributed by atoms with Gasteiger partial charge in [-0.15, -0.1) is 0 Å². The summed E-state index contributed by atoms with van der Waals surface area (Å²) in [6.07, 6.45) is 0. The SMILES string of the molecule is O=C(Nc1ccccc1)c1ccc(Sc2ccccc2)c([N+](=O)[O-])c1. The summed E-state index contributed by atoms with van der Waals surface area (Å²) in [5.74, 6) is -0.384. The maximum absolute atomic E-state index is 12.3. The Morgan fingerprint density at radius 3 is 2.20 bits per heavy atom. The van der Waals surface area contributed by atoms with E-state index in [9.17, 15) is 14.9 Å². The third-order valence-electron chi connectivity index (χ3n) is 3.42. The second-order valence-corrected chi connectivity index (χ2v) is 6.29. The number of nitrogens with one attached hydrogen (secondary N) is 1. The number of carbonyl (C=O) groups excluding carboxylic acids is 1. The lowest BCUT2D eigenvalue weighted by Gasteiger charge is -2.07. The fraction of sp³-hybridized carbons (Fsp3) is 0. The fourth-order valence-electron chi connectivity index (χ4n) is 2.23. The summed E-state index contributed by atoms with van der Waals surface area (Å²) in [5, 5.41) is 14.1. The Bertz CT molecular complexity index is 899. The maximum Gasteiger partial charge on any atom is 0.284 e. The van der Waals surface area contributed by atoms with Crippen LogP contribution in [0.1, 0.15) is 10.4 Å². The molecule has 3 rings (SSSR count). The third-order valence-corrected chi connectivity index (χ3v) is 4.49. The van der Waals surface area contributed by atoms with Crippen LogP contribution >= 0.6 is 11.8 Å². The van der Waals surface area contributed by atoms with Gasteiger partial charge in [-0.2, -0.15) is 0 Å². The average molecular weight is 350 g/mol. The molecule has 0 radical (unpaired) electrons. The van der Waals surface area contributed by atoms with E-state index in [0.29, 0.717) is 10.6 Å². The van der Waals surface area contributed by atoms with Gasteiger partial charge >= 0.3 is 0 Å². The molecule has 1 N–H and O–H groups in total. The number of nitro groups is 1. The Kier molecular flexibility index (Phi) is 5.11. The molecule has 0 aliphatic carbocycles. The van der Waals surface area contributed by atoms with E-state index in [2.05, 4.69) is 5.32 Å². The topological polar surface area (TPSA) is 72.2 Å². The van der Waals surface area contributed by atoms with Crippen molar-refractivity contribution in [1.82, 2.24) is 0 Å². The Morgan fingerprint density at radius 1 is 0.920 bits per heavy atom. The van der Waals surface area contributed by atoms with Crippen LogP contribution in [0.25, 0.3) is 0 Å².